The van der Waals surface area contributed by atoms with Crippen molar-refractivity contribution >= 4 is 16.8 Å². The second kappa shape index (κ2) is 10.9. The van der Waals surface area contributed by atoms with Gasteiger partial charge in [-0.3, -0.25) is 9.59 Å². The Morgan fingerprint density at radius 3 is 2.46 bits per heavy atom. The lowest BCUT2D eigenvalue weighted by Gasteiger charge is -2.13. The summed E-state index contributed by atoms with van der Waals surface area (Å²) in [5.74, 6) is 1.04. The first-order valence-corrected chi connectivity index (χ1v) is 12.3. The van der Waals surface area contributed by atoms with Crippen molar-refractivity contribution in [3.05, 3.63) is 75.3 Å². The molecule has 1 amide bonds. The van der Waals surface area contributed by atoms with Crippen LogP contribution in [0.2, 0.25) is 0 Å². The molecule has 4 aromatic rings. The Balaban J connectivity index is 1.57. The maximum Gasteiger partial charge on any atom is 0.293 e. The van der Waals surface area contributed by atoms with E-state index < -0.39 is 0 Å². The molecular formula is C28H33N5O4. The average molecular weight is 504 g/mol. The highest BCUT2D eigenvalue weighted by Gasteiger charge is 2.20. The molecule has 194 valence electrons. The molecule has 0 atom stereocenters. The fraction of sp³-hybridized carbons (Fsp3) is 0.357. The summed E-state index contributed by atoms with van der Waals surface area (Å²) in [6, 6.07) is 11.6. The molecule has 37 heavy (non-hydrogen) atoms. The quantitative estimate of drug-likeness (QED) is 0.374. The largest absolute Gasteiger partial charge is 0.493 e. The van der Waals surface area contributed by atoms with E-state index in [1.807, 2.05) is 64.1 Å². The lowest BCUT2D eigenvalue weighted by Crippen LogP contribution is -2.35. The van der Waals surface area contributed by atoms with E-state index in [9.17, 15) is 9.59 Å². The average Bonchev–Trinajstić information content (AvgIpc) is 3.32. The van der Waals surface area contributed by atoms with Gasteiger partial charge in [0.05, 0.1) is 31.8 Å². The van der Waals surface area contributed by atoms with Gasteiger partial charge in [0.15, 0.2) is 11.5 Å². The predicted molar refractivity (Wildman–Crippen MR) is 143 cm³/mol. The Hall–Kier alpha value is -4.14. The number of aromatic nitrogens is 4. The molecule has 0 aliphatic rings. The molecule has 0 aliphatic carbocycles. The molecule has 2 aromatic heterocycles. The highest BCUT2D eigenvalue weighted by molar-refractivity contribution is 5.82. The van der Waals surface area contributed by atoms with Crippen molar-refractivity contribution in [3.8, 4) is 17.2 Å². The third kappa shape index (κ3) is 5.35. The highest BCUT2D eigenvalue weighted by Crippen LogP contribution is 2.27. The Bertz CT molecular complexity index is 1500. The first-order valence-electron chi connectivity index (χ1n) is 12.3. The van der Waals surface area contributed by atoms with E-state index in [0.717, 1.165) is 28.1 Å². The number of ether oxygens (including phenoxy) is 2. The number of nitrogens with zero attached hydrogens (tertiary/aromatic N) is 4. The van der Waals surface area contributed by atoms with E-state index in [1.165, 1.54) is 4.68 Å². The van der Waals surface area contributed by atoms with E-state index >= 15 is 0 Å². The van der Waals surface area contributed by atoms with Crippen molar-refractivity contribution in [1.29, 1.82) is 0 Å². The van der Waals surface area contributed by atoms with Crippen LogP contribution in [0.25, 0.3) is 16.6 Å². The van der Waals surface area contributed by atoms with Gasteiger partial charge >= 0.3 is 0 Å². The highest BCUT2D eigenvalue weighted by atomic mass is 16.5. The second-order valence-corrected chi connectivity index (χ2v) is 9.38. The maximum atomic E-state index is 13.5. The predicted octanol–water partition coefficient (Wildman–Crippen LogP) is 3.70. The van der Waals surface area contributed by atoms with Crippen LogP contribution in [-0.4, -0.2) is 46.2 Å². The van der Waals surface area contributed by atoms with Gasteiger partial charge in [-0.25, -0.2) is 9.36 Å². The lowest BCUT2D eigenvalue weighted by molar-refractivity contribution is -0.121. The first-order chi connectivity index (χ1) is 17.7. The van der Waals surface area contributed by atoms with Crippen LogP contribution in [0.3, 0.4) is 0 Å². The molecule has 0 unspecified atom stereocenters. The Morgan fingerprint density at radius 1 is 1.03 bits per heavy atom. The fourth-order valence-corrected chi connectivity index (χ4v) is 4.25. The fourth-order valence-electron chi connectivity index (χ4n) is 4.25. The SMILES string of the molecule is COc1ccc(CCNC(=O)Cn2nc(C(C)C)c3cnn(-c4ccc(C)c(C)c4)c3c2=O)cc1OC. The van der Waals surface area contributed by atoms with Gasteiger partial charge in [-0.2, -0.15) is 10.2 Å². The zero-order valence-electron chi connectivity index (χ0n) is 22.2. The van der Waals surface area contributed by atoms with Gasteiger partial charge in [0, 0.05) is 11.9 Å². The maximum absolute atomic E-state index is 13.5. The molecule has 4 rings (SSSR count). The Labute approximate surface area is 216 Å². The first kappa shape index (κ1) is 25.9. The van der Waals surface area contributed by atoms with Gasteiger partial charge in [-0.1, -0.05) is 26.0 Å². The molecule has 0 saturated carbocycles. The van der Waals surface area contributed by atoms with Crippen LogP contribution in [0.1, 0.15) is 42.1 Å². The zero-order valence-corrected chi connectivity index (χ0v) is 22.2. The van der Waals surface area contributed by atoms with Crippen molar-refractivity contribution in [1.82, 2.24) is 24.9 Å². The third-order valence-electron chi connectivity index (χ3n) is 6.47. The standard InChI is InChI=1S/C28H33N5O4/c1-17(2)26-22-15-30-33(21-9-7-18(3)19(4)13-21)27(22)28(35)32(31-26)16-25(34)29-12-11-20-8-10-23(36-5)24(14-20)37-6/h7-10,13-15,17H,11-12,16H2,1-6H3,(H,29,34). The number of amides is 1. The molecule has 0 radical (unpaired) electrons. The molecule has 9 heteroatoms. The Kier molecular flexibility index (Phi) is 7.61. The molecule has 9 nitrogen and oxygen atoms in total. The molecule has 0 aliphatic heterocycles. The molecule has 0 spiro atoms. The Morgan fingerprint density at radius 2 is 1.78 bits per heavy atom. The van der Waals surface area contributed by atoms with Gasteiger partial charge < -0.3 is 14.8 Å². The molecule has 0 saturated heterocycles. The number of methoxy groups -OCH3 is 2. The van der Waals surface area contributed by atoms with Crippen LogP contribution in [0.4, 0.5) is 0 Å². The summed E-state index contributed by atoms with van der Waals surface area (Å²) in [6.07, 6.45) is 2.28. The van der Waals surface area contributed by atoms with Gasteiger partial charge in [-0.05, 0) is 67.1 Å². The summed E-state index contributed by atoms with van der Waals surface area (Å²) in [4.78, 5) is 26.3. The van der Waals surface area contributed by atoms with Gasteiger partial charge in [0.25, 0.3) is 5.56 Å². The van der Waals surface area contributed by atoms with Gasteiger partial charge in [-0.15, -0.1) is 0 Å². The summed E-state index contributed by atoms with van der Waals surface area (Å²) in [7, 11) is 3.17. The van der Waals surface area contributed by atoms with Crippen molar-refractivity contribution in [2.24, 2.45) is 0 Å². The third-order valence-corrected chi connectivity index (χ3v) is 6.47. The van der Waals surface area contributed by atoms with E-state index in [0.29, 0.717) is 35.4 Å². The van der Waals surface area contributed by atoms with Crippen LogP contribution < -0.4 is 20.3 Å². The minimum absolute atomic E-state index is 0.0415. The number of carbonyl (C=O) groups excluding carboxylic acids is 1. The summed E-state index contributed by atoms with van der Waals surface area (Å²) in [5.41, 5.74) is 4.84. The number of rotatable bonds is 9. The van der Waals surface area contributed by atoms with Crippen LogP contribution in [0.5, 0.6) is 11.5 Å². The number of hydrogen-bond donors (Lipinski definition) is 1. The molecule has 0 fully saturated rings. The van der Waals surface area contributed by atoms with Crippen LogP contribution in [0.15, 0.2) is 47.4 Å². The van der Waals surface area contributed by atoms with Crippen molar-refractivity contribution in [2.75, 3.05) is 20.8 Å². The van der Waals surface area contributed by atoms with Crippen LogP contribution in [0, 0.1) is 13.8 Å². The molecule has 2 aromatic carbocycles. The van der Waals surface area contributed by atoms with Crippen LogP contribution in [-0.2, 0) is 17.8 Å². The van der Waals surface area contributed by atoms with Gasteiger partial charge in [0.1, 0.15) is 12.1 Å². The van der Waals surface area contributed by atoms with E-state index in [-0.39, 0.29) is 23.9 Å². The monoisotopic (exact) mass is 503 g/mol. The minimum Gasteiger partial charge on any atom is -0.493 e. The smallest absolute Gasteiger partial charge is 0.293 e. The summed E-state index contributed by atoms with van der Waals surface area (Å²) in [6.45, 7) is 8.30. The molecular weight excluding hydrogens is 470 g/mol. The van der Waals surface area contributed by atoms with Crippen molar-refractivity contribution in [3.63, 3.8) is 0 Å². The summed E-state index contributed by atoms with van der Waals surface area (Å²) < 4.78 is 13.5. The molecule has 1 N–H and O–H groups in total. The summed E-state index contributed by atoms with van der Waals surface area (Å²) in [5, 5.41) is 12.6. The van der Waals surface area contributed by atoms with Crippen molar-refractivity contribution in [2.45, 2.75) is 46.6 Å². The van der Waals surface area contributed by atoms with E-state index in [4.69, 9.17) is 9.47 Å². The number of carbonyl (C=O) groups is 1. The minimum atomic E-state index is -0.356. The lowest BCUT2D eigenvalue weighted by atomic mass is 10.1. The number of nitrogens with one attached hydrogen (secondary N) is 1. The van der Waals surface area contributed by atoms with Crippen molar-refractivity contribution < 1.29 is 14.3 Å². The topological polar surface area (TPSA) is 100 Å². The second-order valence-electron chi connectivity index (χ2n) is 9.38. The van der Waals surface area contributed by atoms with E-state index in [2.05, 4.69) is 15.5 Å². The molecule has 2 heterocycles. The number of aryl methyl sites for hydroxylation is 2. The van der Waals surface area contributed by atoms with Gasteiger partial charge in [0.2, 0.25) is 5.91 Å². The number of fused-ring (bicyclic) bond motifs is 1. The number of hydrogen-bond acceptors (Lipinski definition) is 6. The molecule has 0 bridgehead atoms. The zero-order chi connectivity index (χ0) is 26.7. The van der Waals surface area contributed by atoms with E-state index in [1.54, 1.807) is 25.1 Å². The normalized spacial score (nSPS) is 11.2. The number of benzene rings is 2. The van der Waals surface area contributed by atoms with Crippen LogP contribution >= 0.6 is 0 Å². The summed E-state index contributed by atoms with van der Waals surface area (Å²) >= 11 is 0.